The van der Waals surface area contributed by atoms with E-state index in [1.807, 2.05) is 6.92 Å². The molecule has 0 N–H and O–H groups in total. The lowest BCUT2D eigenvalue weighted by molar-refractivity contribution is -0.137. The Bertz CT molecular complexity index is 175. The van der Waals surface area contributed by atoms with Gasteiger partial charge in [-0.3, -0.25) is 4.79 Å². The summed E-state index contributed by atoms with van der Waals surface area (Å²) in [4.78, 5) is 20.7. The summed E-state index contributed by atoms with van der Waals surface area (Å²) in [5, 5.41) is -0.682. The number of rotatable bonds is 4. The van der Waals surface area contributed by atoms with Crippen molar-refractivity contribution in [1.29, 1.82) is 0 Å². The minimum atomic E-state index is -0.682. The van der Waals surface area contributed by atoms with Crippen LogP contribution < -0.4 is 0 Å². The fraction of sp³-hybridized carbons (Fsp3) is 0.429. The van der Waals surface area contributed by atoms with E-state index in [9.17, 15) is 9.59 Å². The Hall–Kier alpha value is -0.830. The number of esters is 1. The molecule has 0 radical (unpaired) electrons. The Morgan fingerprint density at radius 1 is 1.45 bits per heavy atom. The first-order valence-corrected chi connectivity index (χ1v) is 3.59. The molecule has 0 aliphatic carbocycles. The topological polar surface area (TPSA) is 43.4 Å². The molecule has 4 heteroatoms. The standard InChI is InChI=1S/C7H9ClO3/c1-2-5-11-7(10)4-3-6(8)9/h3-4H,2,5H2,1H3. The fourth-order valence-electron chi connectivity index (χ4n) is 0.384. The zero-order valence-electron chi connectivity index (χ0n) is 6.17. The zero-order chi connectivity index (χ0) is 8.69. The average Bonchev–Trinajstić information content (AvgIpc) is 1.97. The van der Waals surface area contributed by atoms with E-state index in [2.05, 4.69) is 4.74 Å². The van der Waals surface area contributed by atoms with Crippen molar-refractivity contribution in [2.24, 2.45) is 0 Å². The largest absolute Gasteiger partial charge is 0.463 e. The molecule has 0 rings (SSSR count). The highest BCUT2D eigenvalue weighted by Crippen LogP contribution is 1.87. The van der Waals surface area contributed by atoms with Gasteiger partial charge in [0.1, 0.15) is 0 Å². The van der Waals surface area contributed by atoms with Gasteiger partial charge in [-0.25, -0.2) is 4.79 Å². The number of halogens is 1. The summed E-state index contributed by atoms with van der Waals surface area (Å²) in [7, 11) is 0. The number of hydrogen-bond acceptors (Lipinski definition) is 3. The average molecular weight is 177 g/mol. The van der Waals surface area contributed by atoms with E-state index < -0.39 is 11.2 Å². The van der Waals surface area contributed by atoms with Gasteiger partial charge in [0.25, 0.3) is 0 Å². The zero-order valence-corrected chi connectivity index (χ0v) is 6.93. The molecule has 0 saturated heterocycles. The van der Waals surface area contributed by atoms with Gasteiger partial charge in [0.15, 0.2) is 0 Å². The van der Waals surface area contributed by atoms with E-state index in [1.165, 1.54) is 0 Å². The lowest BCUT2D eigenvalue weighted by Gasteiger charge is -1.95. The van der Waals surface area contributed by atoms with Gasteiger partial charge in [0.2, 0.25) is 5.24 Å². The Morgan fingerprint density at radius 2 is 2.09 bits per heavy atom. The Morgan fingerprint density at radius 3 is 2.55 bits per heavy atom. The summed E-state index contributed by atoms with van der Waals surface area (Å²) in [6, 6.07) is 0. The number of ether oxygens (including phenoxy) is 1. The van der Waals surface area contributed by atoms with Crippen molar-refractivity contribution >= 4 is 22.8 Å². The molecule has 0 aliphatic heterocycles. The molecule has 62 valence electrons. The van der Waals surface area contributed by atoms with Crippen LogP contribution in [0.3, 0.4) is 0 Å². The van der Waals surface area contributed by atoms with Crippen molar-refractivity contribution in [1.82, 2.24) is 0 Å². The van der Waals surface area contributed by atoms with Gasteiger partial charge in [-0.15, -0.1) is 0 Å². The summed E-state index contributed by atoms with van der Waals surface area (Å²) in [5.41, 5.74) is 0. The molecule has 0 heterocycles. The van der Waals surface area contributed by atoms with Crippen molar-refractivity contribution < 1.29 is 14.3 Å². The second-order valence-corrected chi connectivity index (χ2v) is 2.18. The van der Waals surface area contributed by atoms with Gasteiger partial charge in [-0.05, 0) is 18.0 Å². The van der Waals surface area contributed by atoms with Crippen molar-refractivity contribution in [3.05, 3.63) is 12.2 Å². The number of carbonyl (C=O) groups is 2. The van der Waals surface area contributed by atoms with Gasteiger partial charge >= 0.3 is 5.97 Å². The SMILES string of the molecule is CCCOC(=O)C=CC(=O)Cl. The first-order valence-electron chi connectivity index (χ1n) is 3.21. The third-order valence-corrected chi connectivity index (χ3v) is 0.925. The van der Waals surface area contributed by atoms with Crippen LogP contribution in [0.4, 0.5) is 0 Å². The maximum atomic E-state index is 10.6. The normalized spacial score (nSPS) is 10.0. The molecule has 0 aromatic rings. The van der Waals surface area contributed by atoms with Crippen LogP contribution >= 0.6 is 11.6 Å². The predicted molar refractivity (Wildman–Crippen MR) is 41.3 cm³/mol. The molecule has 0 spiro atoms. The van der Waals surface area contributed by atoms with Crippen LogP contribution in [0, 0.1) is 0 Å². The molecule has 0 fully saturated rings. The van der Waals surface area contributed by atoms with E-state index in [1.54, 1.807) is 0 Å². The highest BCUT2D eigenvalue weighted by Gasteiger charge is 1.95. The summed E-state index contributed by atoms with van der Waals surface area (Å²) in [5.74, 6) is -0.541. The van der Waals surface area contributed by atoms with Gasteiger partial charge in [-0.2, -0.15) is 0 Å². The van der Waals surface area contributed by atoms with E-state index in [4.69, 9.17) is 11.6 Å². The Labute approximate surface area is 70.0 Å². The molecule has 0 amide bonds. The summed E-state index contributed by atoms with van der Waals surface area (Å²) in [6.07, 6.45) is 2.72. The molecule has 0 unspecified atom stereocenters. The van der Waals surface area contributed by atoms with Gasteiger partial charge in [-0.1, -0.05) is 6.92 Å². The monoisotopic (exact) mass is 176 g/mol. The van der Waals surface area contributed by atoms with Crippen LogP contribution in [0.2, 0.25) is 0 Å². The molecule has 0 atom stereocenters. The predicted octanol–water partition coefficient (Wildman–Crippen LogP) is 1.26. The molecule has 0 bridgehead atoms. The number of carbonyl (C=O) groups excluding carboxylic acids is 2. The first kappa shape index (κ1) is 10.2. The fourth-order valence-corrected chi connectivity index (χ4v) is 0.447. The van der Waals surface area contributed by atoms with E-state index >= 15 is 0 Å². The van der Waals surface area contributed by atoms with Crippen molar-refractivity contribution in [3.8, 4) is 0 Å². The van der Waals surface area contributed by atoms with Crippen LogP contribution in [0.5, 0.6) is 0 Å². The van der Waals surface area contributed by atoms with Crippen LogP contribution in [-0.2, 0) is 14.3 Å². The smallest absolute Gasteiger partial charge is 0.330 e. The molecule has 0 aromatic carbocycles. The molecule has 3 nitrogen and oxygen atoms in total. The Kier molecular flexibility index (Phi) is 5.47. The third-order valence-electron chi connectivity index (χ3n) is 0.799. The van der Waals surface area contributed by atoms with E-state index in [0.717, 1.165) is 18.6 Å². The summed E-state index contributed by atoms with van der Waals surface area (Å²) < 4.78 is 4.60. The molecule has 0 saturated carbocycles. The summed E-state index contributed by atoms with van der Waals surface area (Å²) in [6.45, 7) is 2.24. The molecule has 0 aromatic heterocycles. The molecule has 11 heavy (non-hydrogen) atoms. The molecular weight excluding hydrogens is 168 g/mol. The minimum Gasteiger partial charge on any atom is -0.463 e. The number of allylic oxidation sites excluding steroid dienone is 1. The van der Waals surface area contributed by atoms with Crippen molar-refractivity contribution in [2.75, 3.05) is 6.61 Å². The van der Waals surface area contributed by atoms with Crippen LogP contribution in [-0.4, -0.2) is 17.8 Å². The van der Waals surface area contributed by atoms with E-state index in [-0.39, 0.29) is 0 Å². The van der Waals surface area contributed by atoms with Crippen LogP contribution in [0.1, 0.15) is 13.3 Å². The maximum absolute atomic E-state index is 10.6. The van der Waals surface area contributed by atoms with Crippen molar-refractivity contribution in [2.45, 2.75) is 13.3 Å². The Balaban J connectivity index is 3.60. The van der Waals surface area contributed by atoms with Crippen LogP contribution in [0.25, 0.3) is 0 Å². The lowest BCUT2D eigenvalue weighted by Crippen LogP contribution is -2.01. The quantitative estimate of drug-likeness (QED) is 0.368. The highest BCUT2D eigenvalue weighted by molar-refractivity contribution is 6.66. The summed E-state index contributed by atoms with van der Waals surface area (Å²) >= 11 is 4.92. The third kappa shape index (κ3) is 7.06. The molecule has 0 aliphatic rings. The second kappa shape index (κ2) is 5.92. The van der Waals surface area contributed by atoms with Gasteiger partial charge in [0, 0.05) is 12.2 Å². The lowest BCUT2D eigenvalue weighted by atomic mass is 10.5. The molecular formula is C7H9ClO3. The number of hydrogen-bond donors (Lipinski definition) is 0. The minimum absolute atomic E-state index is 0.361. The van der Waals surface area contributed by atoms with Crippen LogP contribution in [0.15, 0.2) is 12.2 Å². The first-order chi connectivity index (χ1) is 5.16. The van der Waals surface area contributed by atoms with E-state index in [0.29, 0.717) is 6.61 Å². The van der Waals surface area contributed by atoms with Gasteiger partial charge in [0.05, 0.1) is 6.61 Å². The van der Waals surface area contributed by atoms with Crippen molar-refractivity contribution in [3.63, 3.8) is 0 Å². The van der Waals surface area contributed by atoms with Gasteiger partial charge < -0.3 is 4.74 Å². The highest BCUT2D eigenvalue weighted by atomic mass is 35.5. The maximum Gasteiger partial charge on any atom is 0.330 e. The second-order valence-electron chi connectivity index (χ2n) is 1.80.